The number of carbonyl (C=O) groups excluding carboxylic acids is 1. The highest BCUT2D eigenvalue weighted by atomic mass is 16.6. The summed E-state index contributed by atoms with van der Waals surface area (Å²) in [5.74, 6) is 0.778. The van der Waals surface area contributed by atoms with Crippen LogP contribution in [0.5, 0.6) is 0 Å². The van der Waals surface area contributed by atoms with Gasteiger partial charge in [-0.05, 0) is 45.4 Å². The fourth-order valence-corrected chi connectivity index (χ4v) is 5.18. The van der Waals surface area contributed by atoms with Crippen LogP contribution in [0.2, 0.25) is 0 Å². The average molecular weight is 293 g/mol. The van der Waals surface area contributed by atoms with Crippen LogP contribution in [0.4, 0.5) is 0 Å². The van der Waals surface area contributed by atoms with Crippen LogP contribution in [0.15, 0.2) is 0 Å². The molecule has 0 amide bonds. The van der Waals surface area contributed by atoms with E-state index in [2.05, 4.69) is 12.2 Å². The monoisotopic (exact) mass is 293 g/mol. The number of fused-ring (bicyclic) bond motifs is 1. The molecule has 5 fully saturated rings. The van der Waals surface area contributed by atoms with Crippen molar-refractivity contribution in [1.82, 2.24) is 5.32 Å². The predicted octanol–water partition coefficient (Wildman–Crippen LogP) is 2.41. The van der Waals surface area contributed by atoms with Crippen molar-refractivity contribution in [3.8, 4) is 0 Å². The van der Waals surface area contributed by atoms with Crippen LogP contribution in [0.3, 0.4) is 0 Å². The first-order chi connectivity index (χ1) is 10.0. The van der Waals surface area contributed by atoms with Gasteiger partial charge in [-0.1, -0.05) is 19.3 Å². The highest BCUT2D eigenvalue weighted by Crippen LogP contribution is 2.63. The molecular formula is C17H27NO3. The maximum absolute atomic E-state index is 12.0. The molecule has 2 unspecified atom stereocenters. The molecule has 3 saturated heterocycles. The summed E-state index contributed by atoms with van der Waals surface area (Å²) in [4.78, 5) is 12.0. The molecule has 4 heteroatoms. The Balaban J connectivity index is 1.36. The molecule has 0 aromatic heterocycles. The van der Waals surface area contributed by atoms with E-state index in [9.17, 15) is 4.79 Å². The Morgan fingerprint density at radius 3 is 2.52 bits per heavy atom. The van der Waals surface area contributed by atoms with E-state index in [1.807, 2.05) is 0 Å². The summed E-state index contributed by atoms with van der Waals surface area (Å²) in [6.07, 6.45) is 8.80. The minimum absolute atomic E-state index is 0.00881. The summed E-state index contributed by atoms with van der Waals surface area (Å²) in [7, 11) is 0. The SMILES string of the molecule is CC(=O)[C@H](NC1OC1C12COC(C)(C1)C2)C1CCCCC1. The van der Waals surface area contributed by atoms with Gasteiger partial charge in [0.2, 0.25) is 0 Å². The maximum atomic E-state index is 12.0. The van der Waals surface area contributed by atoms with Crippen LogP contribution in [0, 0.1) is 11.3 Å². The molecule has 5 aliphatic rings. The number of ether oxygens (including phenoxy) is 2. The zero-order valence-electron chi connectivity index (χ0n) is 13.2. The van der Waals surface area contributed by atoms with E-state index in [0.717, 1.165) is 19.4 Å². The normalized spacial score (nSPS) is 47.0. The van der Waals surface area contributed by atoms with Gasteiger partial charge in [0.05, 0.1) is 18.2 Å². The molecule has 3 aliphatic heterocycles. The fourth-order valence-electron chi connectivity index (χ4n) is 5.18. The zero-order chi connectivity index (χ0) is 14.7. The van der Waals surface area contributed by atoms with Crippen LogP contribution < -0.4 is 5.32 Å². The third-order valence-electron chi connectivity index (χ3n) is 6.16. The first-order valence-corrected chi connectivity index (χ1v) is 8.57. The Kier molecular flexibility index (Phi) is 3.22. The molecule has 0 spiro atoms. The summed E-state index contributed by atoms with van der Waals surface area (Å²) >= 11 is 0. The Labute approximate surface area is 126 Å². The molecule has 3 atom stereocenters. The third kappa shape index (κ3) is 2.36. The molecule has 0 aromatic carbocycles. The van der Waals surface area contributed by atoms with Gasteiger partial charge in [-0.15, -0.1) is 0 Å². The second-order valence-electron chi connectivity index (χ2n) is 8.08. The second kappa shape index (κ2) is 4.77. The standard InChI is InChI=1S/C17H27NO3/c1-11(19)13(12-6-4-3-5-7-12)18-15-14(21-15)17-8-16(2,9-17)20-10-17/h12-15,18H,3-10H2,1-2H3/t13-,14?,15?,16?,17?/m0/s1. The smallest absolute Gasteiger partial charge is 0.147 e. The lowest BCUT2D eigenvalue weighted by molar-refractivity contribution is -0.120. The highest BCUT2D eigenvalue weighted by molar-refractivity contribution is 5.81. The van der Waals surface area contributed by atoms with Crippen LogP contribution in [-0.4, -0.2) is 36.4 Å². The van der Waals surface area contributed by atoms with Gasteiger partial charge in [0.25, 0.3) is 0 Å². The highest BCUT2D eigenvalue weighted by Gasteiger charge is 2.69. The zero-order valence-corrected chi connectivity index (χ0v) is 13.2. The lowest BCUT2D eigenvalue weighted by Gasteiger charge is -2.41. The van der Waals surface area contributed by atoms with E-state index in [-0.39, 0.29) is 35.2 Å². The third-order valence-corrected chi connectivity index (χ3v) is 6.16. The number of hydrogen-bond donors (Lipinski definition) is 1. The van der Waals surface area contributed by atoms with Crippen molar-refractivity contribution in [1.29, 1.82) is 0 Å². The lowest BCUT2D eigenvalue weighted by Crippen LogP contribution is -2.49. The molecule has 2 saturated carbocycles. The van der Waals surface area contributed by atoms with Crippen molar-refractivity contribution < 1.29 is 14.3 Å². The molecule has 5 rings (SSSR count). The Hall–Kier alpha value is -0.450. The fraction of sp³-hybridized carbons (Fsp3) is 0.941. The van der Waals surface area contributed by atoms with Gasteiger partial charge in [0.15, 0.2) is 0 Å². The van der Waals surface area contributed by atoms with E-state index < -0.39 is 0 Å². The van der Waals surface area contributed by atoms with Crippen LogP contribution in [-0.2, 0) is 14.3 Å². The molecule has 2 aliphatic carbocycles. The van der Waals surface area contributed by atoms with E-state index in [4.69, 9.17) is 9.47 Å². The number of Topliss-reactive ketones (excluding diaryl/α,β-unsaturated/α-hetero) is 1. The van der Waals surface area contributed by atoms with Gasteiger partial charge < -0.3 is 9.47 Å². The molecule has 21 heavy (non-hydrogen) atoms. The van der Waals surface area contributed by atoms with Crippen molar-refractivity contribution in [3.63, 3.8) is 0 Å². The number of rotatable bonds is 5. The molecule has 0 aromatic rings. The van der Waals surface area contributed by atoms with Gasteiger partial charge in [0.1, 0.15) is 18.1 Å². The number of ketones is 1. The van der Waals surface area contributed by atoms with Gasteiger partial charge in [0, 0.05) is 5.41 Å². The molecule has 0 radical (unpaired) electrons. The molecule has 1 N–H and O–H groups in total. The van der Waals surface area contributed by atoms with Crippen LogP contribution in [0.1, 0.15) is 58.8 Å². The molecule has 4 nitrogen and oxygen atoms in total. The number of hydrogen-bond acceptors (Lipinski definition) is 4. The Morgan fingerprint density at radius 2 is 1.95 bits per heavy atom. The Morgan fingerprint density at radius 1 is 1.24 bits per heavy atom. The minimum atomic E-state index is -0.00881. The van der Waals surface area contributed by atoms with Crippen LogP contribution in [0.25, 0.3) is 0 Å². The topological polar surface area (TPSA) is 50.9 Å². The van der Waals surface area contributed by atoms with Crippen LogP contribution >= 0.6 is 0 Å². The molecule has 2 bridgehead atoms. The summed E-state index contributed by atoms with van der Waals surface area (Å²) in [6, 6.07) is -0.00881. The van der Waals surface area contributed by atoms with Gasteiger partial charge in [-0.3, -0.25) is 10.1 Å². The lowest BCUT2D eigenvalue weighted by atomic mass is 9.61. The maximum Gasteiger partial charge on any atom is 0.147 e. The van der Waals surface area contributed by atoms with E-state index in [1.165, 1.54) is 32.1 Å². The number of epoxide rings is 1. The predicted molar refractivity (Wildman–Crippen MR) is 78.9 cm³/mol. The summed E-state index contributed by atoms with van der Waals surface area (Å²) in [5, 5.41) is 3.52. The first-order valence-electron chi connectivity index (χ1n) is 8.57. The van der Waals surface area contributed by atoms with E-state index in [0.29, 0.717) is 5.92 Å². The van der Waals surface area contributed by atoms with Crippen molar-refractivity contribution >= 4 is 5.78 Å². The summed E-state index contributed by atoms with van der Waals surface area (Å²) < 4.78 is 11.8. The quantitative estimate of drug-likeness (QED) is 0.791. The largest absolute Gasteiger partial charge is 0.375 e. The van der Waals surface area contributed by atoms with Crippen molar-refractivity contribution in [3.05, 3.63) is 0 Å². The van der Waals surface area contributed by atoms with Crippen molar-refractivity contribution in [2.24, 2.45) is 11.3 Å². The number of carbonyl (C=O) groups is 1. The van der Waals surface area contributed by atoms with Gasteiger partial charge in [-0.25, -0.2) is 0 Å². The minimum Gasteiger partial charge on any atom is -0.375 e. The Bertz CT molecular complexity index is 437. The second-order valence-corrected chi connectivity index (χ2v) is 8.08. The summed E-state index contributed by atoms with van der Waals surface area (Å²) in [6.45, 7) is 4.75. The van der Waals surface area contributed by atoms with E-state index >= 15 is 0 Å². The van der Waals surface area contributed by atoms with Gasteiger partial charge >= 0.3 is 0 Å². The summed E-state index contributed by atoms with van der Waals surface area (Å²) in [5.41, 5.74) is 0.347. The molecular weight excluding hydrogens is 266 g/mol. The van der Waals surface area contributed by atoms with Crippen molar-refractivity contribution in [2.45, 2.75) is 82.8 Å². The molecule has 118 valence electrons. The number of nitrogens with one attached hydrogen (secondary N) is 1. The first kappa shape index (κ1) is 14.2. The average Bonchev–Trinajstić information content (AvgIpc) is 3.03. The van der Waals surface area contributed by atoms with Gasteiger partial charge in [-0.2, -0.15) is 0 Å². The van der Waals surface area contributed by atoms with Crippen molar-refractivity contribution in [2.75, 3.05) is 6.61 Å². The molecule has 3 heterocycles. The van der Waals surface area contributed by atoms with E-state index in [1.54, 1.807) is 6.92 Å².